The van der Waals surface area contributed by atoms with Gasteiger partial charge in [-0.3, -0.25) is 14.6 Å². The van der Waals surface area contributed by atoms with E-state index < -0.39 is 0 Å². The summed E-state index contributed by atoms with van der Waals surface area (Å²) in [7, 11) is 1.81. The van der Waals surface area contributed by atoms with Gasteiger partial charge in [-0.25, -0.2) is 0 Å². The molecule has 0 aliphatic heterocycles. The van der Waals surface area contributed by atoms with Gasteiger partial charge in [0.05, 0.1) is 0 Å². The Bertz CT molecular complexity index is 246. The summed E-state index contributed by atoms with van der Waals surface area (Å²) >= 11 is 0. The van der Waals surface area contributed by atoms with Gasteiger partial charge in [-0.1, -0.05) is 6.92 Å². The lowest BCUT2D eigenvalue weighted by Gasteiger charge is -1.82. The van der Waals surface area contributed by atoms with Crippen LogP contribution in [0.2, 0.25) is 0 Å². The molecule has 0 unspecified atom stereocenters. The van der Waals surface area contributed by atoms with Gasteiger partial charge < -0.3 is 0 Å². The molecule has 0 amide bonds. The first kappa shape index (κ1) is 6.13. The average molecular weight is 126 g/mol. The molecule has 50 valence electrons. The summed E-state index contributed by atoms with van der Waals surface area (Å²) in [6, 6.07) is 0. The normalized spacial score (nSPS) is 10.0. The number of hydrogen-bond donors (Lipinski definition) is 1. The van der Waals surface area contributed by atoms with Gasteiger partial charge in [-0.05, 0) is 6.42 Å². The minimum absolute atomic E-state index is 0.0278. The smallest absolute Gasteiger partial charge is 0.267 e. The largest absolute Gasteiger partial charge is 0.295 e. The van der Waals surface area contributed by atoms with Crippen molar-refractivity contribution in [1.29, 1.82) is 0 Å². The molecule has 0 atom stereocenters. The highest BCUT2D eigenvalue weighted by Crippen LogP contribution is 1.87. The Labute approximate surface area is 53.3 Å². The van der Waals surface area contributed by atoms with Crippen molar-refractivity contribution < 1.29 is 0 Å². The number of nitrogens with one attached hydrogen (secondary N) is 1. The molecular weight excluding hydrogens is 116 g/mol. The molecule has 1 rings (SSSR count). The summed E-state index contributed by atoms with van der Waals surface area (Å²) in [6.07, 6.45) is 2.61. The molecule has 1 aromatic rings. The van der Waals surface area contributed by atoms with Crippen molar-refractivity contribution >= 4 is 0 Å². The van der Waals surface area contributed by atoms with Crippen LogP contribution >= 0.6 is 0 Å². The predicted octanol–water partition coefficient (Wildman–Crippen LogP) is 0.276. The van der Waals surface area contributed by atoms with Gasteiger partial charge in [-0.15, -0.1) is 0 Å². The first-order chi connectivity index (χ1) is 4.24. The van der Waals surface area contributed by atoms with E-state index in [0.717, 1.165) is 12.0 Å². The fourth-order valence-corrected chi connectivity index (χ4v) is 0.808. The van der Waals surface area contributed by atoms with E-state index >= 15 is 0 Å². The van der Waals surface area contributed by atoms with Crippen molar-refractivity contribution in [3.05, 3.63) is 22.1 Å². The van der Waals surface area contributed by atoms with Crippen LogP contribution in [-0.2, 0) is 13.5 Å². The first-order valence-electron chi connectivity index (χ1n) is 2.98. The van der Waals surface area contributed by atoms with Gasteiger partial charge in [0.15, 0.2) is 0 Å². The first-order valence-corrected chi connectivity index (χ1v) is 2.98. The van der Waals surface area contributed by atoms with Crippen LogP contribution < -0.4 is 5.56 Å². The standard InChI is InChI=1S/C6H10N2O/c1-3-5-4-8(2)7-6(5)9/h4H,3H2,1-2H3,(H,7,9). The Morgan fingerprint density at radius 1 is 1.78 bits per heavy atom. The van der Waals surface area contributed by atoms with Crippen LogP contribution in [0.1, 0.15) is 12.5 Å². The van der Waals surface area contributed by atoms with Crippen molar-refractivity contribution in [2.75, 3.05) is 0 Å². The lowest BCUT2D eigenvalue weighted by atomic mass is 10.3. The Hall–Kier alpha value is -0.990. The maximum atomic E-state index is 10.8. The average Bonchev–Trinajstić information content (AvgIpc) is 2.10. The second-order valence-corrected chi connectivity index (χ2v) is 2.06. The van der Waals surface area contributed by atoms with E-state index in [1.165, 1.54) is 0 Å². The molecule has 0 aliphatic carbocycles. The van der Waals surface area contributed by atoms with Gasteiger partial charge >= 0.3 is 0 Å². The van der Waals surface area contributed by atoms with Crippen LogP contribution in [0, 0.1) is 0 Å². The molecule has 1 aromatic heterocycles. The summed E-state index contributed by atoms with van der Waals surface area (Å²) < 4.78 is 1.67. The molecule has 0 aromatic carbocycles. The van der Waals surface area contributed by atoms with Crippen molar-refractivity contribution in [2.45, 2.75) is 13.3 Å². The highest BCUT2D eigenvalue weighted by Gasteiger charge is 1.95. The highest BCUT2D eigenvalue weighted by molar-refractivity contribution is 5.02. The fourth-order valence-electron chi connectivity index (χ4n) is 0.808. The van der Waals surface area contributed by atoms with Crippen molar-refractivity contribution in [3.8, 4) is 0 Å². The van der Waals surface area contributed by atoms with Crippen LogP contribution in [0.25, 0.3) is 0 Å². The maximum absolute atomic E-state index is 10.8. The van der Waals surface area contributed by atoms with E-state index in [1.807, 2.05) is 13.1 Å². The molecule has 0 spiro atoms. The lowest BCUT2D eigenvalue weighted by Crippen LogP contribution is -2.05. The molecule has 1 N–H and O–H groups in total. The molecule has 0 saturated heterocycles. The van der Waals surface area contributed by atoms with Crippen LogP contribution in [0.4, 0.5) is 0 Å². The van der Waals surface area contributed by atoms with Crippen molar-refractivity contribution in [2.24, 2.45) is 7.05 Å². The predicted molar refractivity (Wildman–Crippen MR) is 35.4 cm³/mol. The molecule has 0 saturated carbocycles. The number of aromatic amines is 1. The minimum Gasteiger partial charge on any atom is -0.295 e. The van der Waals surface area contributed by atoms with Gasteiger partial charge in [0, 0.05) is 18.8 Å². The summed E-state index contributed by atoms with van der Waals surface area (Å²) in [5.74, 6) is 0. The quantitative estimate of drug-likeness (QED) is 0.576. The van der Waals surface area contributed by atoms with E-state index in [1.54, 1.807) is 11.7 Å². The van der Waals surface area contributed by atoms with Crippen LogP contribution in [0.5, 0.6) is 0 Å². The maximum Gasteiger partial charge on any atom is 0.267 e. The molecule has 1 heterocycles. The summed E-state index contributed by atoms with van der Waals surface area (Å²) in [5.41, 5.74) is 0.873. The third-order valence-electron chi connectivity index (χ3n) is 1.30. The Morgan fingerprint density at radius 2 is 2.44 bits per heavy atom. The fraction of sp³-hybridized carbons (Fsp3) is 0.500. The SMILES string of the molecule is CCc1cn(C)[nH]c1=O. The van der Waals surface area contributed by atoms with E-state index in [2.05, 4.69) is 5.10 Å². The van der Waals surface area contributed by atoms with E-state index in [9.17, 15) is 4.79 Å². The van der Waals surface area contributed by atoms with Crippen LogP contribution in [-0.4, -0.2) is 9.78 Å². The van der Waals surface area contributed by atoms with Gasteiger partial charge in [-0.2, -0.15) is 0 Å². The van der Waals surface area contributed by atoms with Crippen molar-refractivity contribution in [1.82, 2.24) is 9.78 Å². The number of rotatable bonds is 1. The molecule has 3 heteroatoms. The zero-order valence-corrected chi connectivity index (χ0v) is 5.64. The second-order valence-electron chi connectivity index (χ2n) is 2.06. The molecule has 0 radical (unpaired) electrons. The number of aryl methyl sites for hydroxylation is 2. The molecule has 0 fully saturated rings. The van der Waals surface area contributed by atoms with E-state index in [0.29, 0.717) is 0 Å². The minimum atomic E-state index is 0.0278. The molecule has 0 bridgehead atoms. The molecular formula is C6H10N2O. The molecule has 3 nitrogen and oxygen atoms in total. The van der Waals surface area contributed by atoms with E-state index in [-0.39, 0.29) is 5.56 Å². The summed E-state index contributed by atoms with van der Waals surface area (Å²) in [6.45, 7) is 1.96. The lowest BCUT2D eigenvalue weighted by molar-refractivity contribution is 0.756. The van der Waals surface area contributed by atoms with Crippen molar-refractivity contribution in [3.63, 3.8) is 0 Å². The molecule has 0 aliphatic rings. The van der Waals surface area contributed by atoms with E-state index in [4.69, 9.17) is 0 Å². The van der Waals surface area contributed by atoms with Crippen LogP contribution in [0.15, 0.2) is 11.0 Å². The number of aromatic nitrogens is 2. The topological polar surface area (TPSA) is 37.8 Å². The number of hydrogen-bond acceptors (Lipinski definition) is 1. The third-order valence-corrected chi connectivity index (χ3v) is 1.30. The van der Waals surface area contributed by atoms with Crippen LogP contribution in [0.3, 0.4) is 0 Å². The van der Waals surface area contributed by atoms with Gasteiger partial charge in [0.1, 0.15) is 0 Å². The summed E-state index contributed by atoms with van der Waals surface area (Å²) in [5, 5.41) is 2.62. The summed E-state index contributed by atoms with van der Waals surface area (Å²) in [4.78, 5) is 10.8. The van der Waals surface area contributed by atoms with Gasteiger partial charge in [0.25, 0.3) is 5.56 Å². The Kier molecular flexibility index (Phi) is 1.42. The monoisotopic (exact) mass is 126 g/mol. The molecule has 9 heavy (non-hydrogen) atoms. The Balaban J connectivity index is 3.16. The van der Waals surface area contributed by atoms with Gasteiger partial charge in [0.2, 0.25) is 0 Å². The Morgan fingerprint density at radius 3 is 2.67 bits per heavy atom. The highest BCUT2D eigenvalue weighted by atomic mass is 16.1. The second kappa shape index (κ2) is 2.09. The zero-order valence-electron chi connectivity index (χ0n) is 5.64. The third kappa shape index (κ3) is 1.04. The zero-order chi connectivity index (χ0) is 6.85. The number of nitrogens with zero attached hydrogens (tertiary/aromatic N) is 1. The number of H-pyrrole nitrogens is 1.